The standard InChI is InChI=1S/C12H12F2N2O3/c13-7-3-4-8(14)9(5-7)15-12(19)16-10(11(17)18)6-1-2-6/h3-6,10H,1-2H2,(H,17,18)(H2,15,16,19). The molecule has 2 rings (SSSR count). The molecule has 2 amide bonds. The molecule has 0 aliphatic heterocycles. The SMILES string of the molecule is O=C(Nc1cc(F)ccc1F)NC(C(=O)O)C1CC1. The molecular formula is C12H12F2N2O3. The number of carboxylic acids is 1. The van der Waals surface area contributed by atoms with Gasteiger partial charge in [0.05, 0.1) is 5.69 Å². The maximum Gasteiger partial charge on any atom is 0.326 e. The lowest BCUT2D eigenvalue weighted by atomic mass is 10.2. The Bertz CT molecular complexity index is 518. The number of carboxylic acid groups (broad SMARTS) is 1. The van der Waals surface area contributed by atoms with Gasteiger partial charge in [0.1, 0.15) is 17.7 Å². The molecule has 0 spiro atoms. The number of benzene rings is 1. The molecule has 0 radical (unpaired) electrons. The highest BCUT2D eigenvalue weighted by molar-refractivity contribution is 5.92. The van der Waals surface area contributed by atoms with E-state index >= 15 is 0 Å². The van der Waals surface area contributed by atoms with Gasteiger partial charge < -0.3 is 15.7 Å². The number of aliphatic carboxylic acids is 1. The van der Waals surface area contributed by atoms with Gasteiger partial charge in [-0.3, -0.25) is 0 Å². The molecule has 102 valence electrons. The van der Waals surface area contributed by atoms with Crippen LogP contribution in [-0.4, -0.2) is 23.1 Å². The van der Waals surface area contributed by atoms with Gasteiger partial charge in [-0.05, 0) is 30.9 Å². The Kier molecular flexibility index (Phi) is 3.64. The summed E-state index contributed by atoms with van der Waals surface area (Å²) in [6.45, 7) is 0. The lowest BCUT2D eigenvalue weighted by Gasteiger charge is -2.14. The Balaban J connectivity index is 2.00. The summed E-state index contributed by atoms with van der Waals surface area (Å²) in [5, 5.41) is 13.2. The van der Waals surface area contributed by atoms with Crippen LogP contribution in [-0.2, 0) is 4.79 Å². The van der Waals surface area contributed by atoms with E-state index in [4.69, 9.17) is 5.11 Å². The zero-order valence-corrected chi connectivity index (χ0v) is 9.82. The molecule has 0 bridgehead atoms. The molecule has 3 N–H and O–H groups in total. The van der Waals surface area contributed by atoms with Crippen LogP contribution in [0, 0.1) is 17.6 Å². The number of hydrogen-bond donors (Lipinski definition) is 3. The molecule has 7 heteroatoms. The van der Waals surface area contributed by atoms with Crippen LogP contribution >= 0.6 is 0 Å². The fourth-order valence-electron chi connectivity index (χ4n) is 1.70. The van der Waals surface area contributed by atoms with E-state index in [1.165, 1.54) is 0 Å². The largest absolute Gasteiger partial charge is 0.480 e. The van der Waals surface area contributed by atoms with E-state index in [1.54, 1.807) is 0 Å². The van der Waals surface area contributed by atoms with Crippen LogP contribution in [0.1, 0.15) is 12.8 Å². The fourth-order valence-corrected chi connectivity index (χ4v) is 1.70. The first-order valence-corrected chi connectivity index (χ1v) is 5.73. The Morgan fingerprint density at radius 2 is 2.00 bits per heavy atom. The second kappa shape index (κ2) is 5.21. The van der Waals surface area contributed by atoms with Crippen LogP contribution in [0.25, 0.3) is 0 Å². The number of nitrogens with one attached hydrogen (secondary N) is 2. The molecule has 0 aromatic heterocycles. The van der Waals surface area contributed by atoms with Gasteiger partial charge in [-0.2, -0.15) is 0 Å². The lowest BCUT2D eigenvalue weighted by molar-refractivity contribution is -0.139. The van der Waals surface area contributed by atoms with E-state index in [9.17, 15) is 18.4 Å². The molecule has 1 aliphatic rings. The molecule has 0 heterocycles. The first kappa shape index (κ1) is 13.3. The van der Waals surface area contributed by atoms with Gasteiger partial charge >= 0.3 is 12.0 Å². The Labute approximate surface area is 107 Å². The predicted molar refractivity (Wildman–Crippen MR) is 62.7 cm³/mol. The highest BCUT2D eigenvalue weighted by Gasteiger charge is 2.37. The third kappa shape index (κ3) is 3.40. The predicted octanol–water partition coefficient (Wildman–Crippen LogP) is 1.95. The number of halogens is 2. The van der Waals surface area contributed by atoms with Crippen molar-refractivity contribution < 1.29 is 23.5 Å². The van der Waals surface area contributed by atoms with Gasteiger partial charge in [0.25, 0.3) is 0 Å². The summed E-state index contributed by atoms with van der Waals surface area (Å²) in [5.74, 6) is -2.73. The molecule has 19 heavy (non-hydrogen) atoms. The third-order valence-electron chi connectivity index (χ3n) is 2.82. The zero-order valence-electron chi connectivity index (χ0n) is 9.82. The lowest BCUT2D eigenvalue weighted by Crippen LogP contribution is -2.44. The van der Waals surface area contributed by atoms with Gasteiger partial charge in [-0.1, -0.05) is 0 Å². The molecule has 0 saturated heterocycles. The molecule has 1 fully saturated rings. The average molecular weight is 270 g/mol. The highest BCUT2D eigenvalue weighted by atomic mass is 19.1. The average Bonchev–Trinajstić information content (AvgIpc) is 3.14. The van der Waals surface area contributed by atoms with E-state index < -0.39 is 29.7 Å². The van der Waals surface area contributed by atoms with Crippen LogP contribution < -0.4 is 10.6 Å². The minimum absolute atomic E-state index is 0.0967. The van der Waals surface area contributed by atoms with Crippen molar-refractivity contribution in [3.8, 4) is 0 Å². The van der Waals surface area contributed by atoms with Crippen LogP contribution in [0.3, 0.4) is 0 Å². The Hall–Kier alpha value is -2.18. The molecule has 1 unspecified atom stereocenters. The number of carbonyl (C=O) groups is 2. The van der Waals surface area contributed by atoms with E-state index in [0.29, 0.717) is 0 Å². The highest BCUT2D eigenvalue weighted by Crippen LogP contribution is 2.32. The third-order valence-corrected chi connectivity index (χ3v) is 2.82. The maximum atomic E-state index is 13.3. The summed E-state index contributed by atoms with van der Waals surface area (Å²) < 4.78 is 26.2. The van der Waals surface area contributed by atoms with Crippen LogP contribution in [0.5, 0.6) is 0 Å². The van der Waals surface area contributed by atoms with Crippen molar-refractivity contribution >= 4 is 17.7 Å². The summed E-state index contributed by atoms with van der Waals surface area (Å²) in [4.78, 5) is 22.5. The number of carbonyl (C=O) groups excluding carboxylic acids is 1. The first-order chi connectivity index (χ1) is 8.97. The minimum atomic E-state index is -1.14. The summed E-state index contributed by atoms with van der Waals surface area (Å²) in [6.07, 6.45) is 1.46. The van der Waals surface area contributed by atoms with Crippen molar-refractivity contribution in [3.63, 3.8) is 0 Å². The number of hydrogen-bond acceptors (Lipinski definition) is 2. The minimum Gasteiger partial charge on any atom is -0.480 e. The molecule has 1 atom stereocenters. The van der Waals surface area contributed by atoms with E-state index in [1.807, 2.05) is 0 Å². The van der Waals surface area contributed by atoms with E-state index in [2.05, 4.69) is 10.6 Å². The molecule has 5 nitrogen and oxygen atoms in total. The van der Waals surface area contributed by atoms with Gasteiger partial charge in [0, 0.05) is 6.07 Å². The molecule has 1 aliphatic carbocycles. The van der Waals surface area contributed by atoms with E-state index in [-0.39, 0.29) is 11.6 Å². The van der Waals surface area contributed by atoms with Crippen molar-refractivity contribution in [1.29, 1.82) is 0 Å². The Morgan fingerprint density at radius 1 is 1.32 bits per heavy atom. The van der Waals surface area contributed by atoms with Crippen LogP contribution in [0.2, 0.25) is 0 Å². The van der Waals surface area contributed by atoms with Crippen molar-refractivity contribution in [3.05, 3.63) is 29.8 Å². The van der Waals surface area contributed by atoms with Crippen molar-refractivity contribution in [2.24, 2.45) is 5.92 Å². The summed E-state index contributed by atoms with van der Waals surface area (Å²) in [5.41, 5.74) is -0.336. The number of amides is 2. The maximum absolute atomic E-state index is 13.3. The van der Waals surface area contributed by atoms with Crippen LogP contribution in [0.15, 0.2) is 18.2 Å². The quantitative estimate of drug-likeness (QED) is 0.782. The zero-order chi connectivity index (χ0) is 14.0. The second-order valence-electron chi connectivity index (χ2n) is 4.38. The van der Waals surface area contributed by atoms with Gasteiger partial charge in [-0.15, -0.1) is 0 Å². The Morgan fingerprint density at radius 3 is 2.58 bits per heavy atom. The monoisotopic (exact) mass is 270 g/mol. The molecule has 1 aromatic carbocycles. The van der Waals surface area contributed by atoms with Gasteiger partial charge in [-0.25, -0.2) is 18.4 Å². The second-order valence-corrected chi connectivity index (χ2v) is 4.38. The first-order valence-electron chi connectivity index (χ1n) is 5.73. The van der Waals surface area contributed by atoms with Gasteiger partial charge in [0.2, 0.25) is 0 Å². The number of anilines is 1. The van der Waals surface area contributed by atoms with E-state index in [0.717, 1.165) is 31.0 Å². The topological polar surface area (TPSA) is 78.4 Å². The normalized spacial score (nSPS) is 15.7. The summed E-state index contributed by atoms with van der Waals surface area (Å²) >= 11 is 0. The molecule has 1 aromatic rings. The number of rotatable bonds is 4. The van der Waals surface area contributed by atoms with Crippen molar-refractivity contribution in [1.82, 2.24) is 5.32 Å². The van der Waals surface area contributed by atoms with Crippen LogP contribution in [0.4, 0.5) is 19.3 Å². The fraction of sp³-hybridized carbons (Fsp3) is 0.333. The summed E-state index contributed by atoms with van der Waals surface area (Å²) in [7, 11) is 0. The molecular weight excluding hydrogens is 258 g/mol. The van der Waals surface area contributed by atoms with Gasteiger partial charge in [0.15, 0.2) is 0 Å². The molecule has 1 saturated carbocycles. The number of urea groups is 1. The smallest absolute Gasteiger partial charge is 0.326 e. The van der Waals surface area contributed by atoms with Crippen molar-refractivity contribution in [2.75, 3.05) is 5.32 Å². The summed E-state index contributed by atoms with van der Waals surface area (Å²) in [6, 6.07) is 0.741. The van der Waals surface area contributed by atoms with Crippen molar-refractivity contribution in [2.45, 2.75) is 18.9 Å².